The molecule has 2 heterocycles. The number of amides is 1. The van der Waals surface area contributed by atoms with Crippen LogP contribution in [0.2, 0.25) is 0 Å². The Bertz CT molecular complexity index is 1630. The van der Waals surface area contributed by atoms with Crippen LogP contribution in [0.1, 0.15) is 53.5 Å². The third-order valence-electron chi connectivity index (χ3n) is 8.67. The number of hydrogen-bond acceptors (Lipinski definition) is 7. The monoisotopic (exact) mass is 607 g/mol. The predicted molar refractivity (Wildman–Crippen MR) is 182 cm³/mol. The Morgan fingerprint density at radius 2 is 1.60 bits per heavy atom. The topological polar surface area (TPSA) is 79.8 Å². The van der Waals surface area contributed by atoms with E-state index in [1.54, 1.807) is 13.1 Å². The number of rotatable bonds is 10. The Morgan fingerprint density at radius 3 is 2.36 bits per heavy atom. The van der Waals surface area contributed by atoms with Crippen molar-refractivity contribution in [3.8, 4) is 22.9 Å². The summed E-state index contributed by atoms with van der Waals surface area (Å²) in [6.07, 6.45) is 4.45. The summed E-state index contributed by atoms with van der Waals surface area (Å²) >= 11 is 0. The van der Waals surface area contributed by atoms with Gasteiger partial charge in [0.05, 0.1) is 12.3 Å². The van der Waals surface area contributed by atoms with Crippen molar-refractivity contribution in [3.63, 3.8) is 0 Å². The number of nitrogens with one attached hydrogen (secondary N) is 1. The van der Waals surface area contributed by atoms with E-state index < -0.39 is 6.09 Å². The molecule has 1 saturated heterocycles. The summed E-state index contributed by atoms with van der Waals surface area (Å²) in [6, 6.07) is 19.6. The number of aromatic nitrogens is 2. The SMILES string of the molecule is Cc1ccc(C)c(N(C)C(=O)Oc2cc(-c3ccc(C)c(C)c3C)nc(Nc3ccc(OCCCN4CCCCC4)cc3)n2)c1. The van der Waals surface area contributed by atoms with Crippen LogP contribution in [0.4, 0.5) is 22.1 Å². The molecule has 8 nitrogen and oxygen atoms in total. The lowest BCUT2D eigenvalue weighted by atomic mass is 9.97. The van der Waals surface area contributed by atoms with Crippen molar-refractivity contribution in [1.29, 1.82) is 0 Å². The molecule has 1 amide bonds. The first-order chi connectivity index (χ1) is 21.7. The predicted octanol–water partition coefficient (Wildman–Crippen LogP) is 8.32. The van der Waals surface area contributed by atoms with Crippen LogP contribution in [-0.2, 0) is 0 Å². The third-order valence-corrected chi connectivity index (χ3v) is 8.67. The minimum absolute atomic E-state index is 0.163. The van der Waals surface area contributed by atoms with Gasteiger partial charge in [0, 0.05) is 36.6 Å². The molecule has 1 fully saturated rings. The Kier molecular flexibility index (Phi) is 10.4. The van der Waals surface area contributed by atoms with E-state index in [0.29, 0.717) is 18.2 Å². The molecule has 0 aliphatic carbocycles. The third kappa shape index (κ3) is 8.19. The van der Waals surface area contributed by atoms with Gasteiger partial charge in [-0.15, -0.1) is 0 Å². The first-order valence-electron chi connectivity index (χ1n) is 15.9. The lowest BCUT2D eigenvalue weighted by Gasteiger charge is -2.26. The van der Waals surface area contributed by atoms with Crippen LogP contribution in [0, 0.1) is 34.6 Å². The van der Waals surface area contributed by atoms with Crippen molar-refractivity contribution in [1.82, 2.24) is 14.9 Å². The number of piperidine rings is 1. The van der Waals surface area contributed by atoms with E-state index in [1.807, 2.05) is 56.3 Å². The van der Waals surface area contributed by atoms with Gasteiger partial charge in [-0.3, -0.25) is 4.90 Å². The molecule has 0 radical (unpaired) electrons. The summed E-state index contributed by atoms with van der Waals surface area (Å²) in [5.41, 5.74) is 8.76. The van der Waals surface area contributed by atoms with Crippen LogP contribution in [0.3, 0.4) is 0 Å². The fourth-order valence-electron chi connectivity index (χ4n) is 5.67. The number of likely N-dealkylation sites (tertiary alicyclic amines) is 1. The highest BCUT2D eigenvalue weighted by Gasteiger charge is 2.19. The first kappa shape index (κ1) is 32.0. The molecule has 8 heteroatoms. The quantitative estimate of drug-likeness (QED) is 0.182. The molecule has 5 rings (SSSR count). The molecule has 0 unspecified atom stereocenters. The van der Waals surface area contributed by atoms with Gasteiger partial charge in [-0.1, -0.05) is 30.7 Å². The Hall–Kier alpha value is -4.43. The number of carbonyl (C=O) groups excluding carboxylic acids is 1. The van der Waals surface area contributed by atoms with Crippen molar-refractivity contribution < 1.29 is 14.3 Å². The average Bonchev–Trinajstić information content (AvgIpc) is 3.04. The van der Waals surface area contributed by atoms with Crippen LogP contribution < -0.4 is 19.7 Å². The van der Waals surface area contributed by atoms with Crippen molar-refractivity contribution in [2.45, 2.75) is 60.3 Å². The van der Waals surface area contributed by atoms with Crippen molar-refractivity contribution in [2.24, 2.45) is 0 Å². The smallest absolute Gasteiger partial charge is 0.420 e. The molecule has 4 aromatic rings. The number of aryl methyl sites for hydroxylation is 3. The van der Waals surface area contributed by atoms with Crippen LogP contribution in [0.25, 0.3) is 11.3 Å². The molecular formula is C37H45N5O3. The summed E-state index contributed by atoms with van der Waals surface area (Å²) < 4.78 is 11.9. The van der Waals surface area contributed by atoms with Crippen molar-refractivity contribution in [2.75, 3.05) is 43.5 Å². The molecule has 45 heavy (non-hydrogen) atoms. The maximum atomic E-state index is 13.3. The van der Waals surface area contributed by atoms with Gasteiger partial charge >= 0.3 is 6.09 Å². The molecule has 1 aromatic heterocycles. The van der Waals surface area contributed by atoms with E-state index in [9.17, 15) is 4.79 Å². The molecule has 0 saturated carbocycles. The maximum absolute atomic E-state index is 13.3. The van der Waals surface area contributed by atoms with E-state index >= 15 is 0 Å². The molecule has 3 aromatic carbocycles. The number of ether oxygens (including phenoxy) is 2. The van der Waals surface area contributed by atoms with Crippen molar-refractivity contribution >= 4 is 23.4 Å². The summed E-state index contributed by atoms with van der Waals surface area (Å²) in [5, 5.41) is 3.30. The van der Waals surface area contributed by atoms with E-state index in [-0.39, 0.29) is 5.88 Å². The summed E-state index contributed by atoms with van der Waals surface area (Å²) in [6.45, 7) is 14.4. The highest BCUT2D eigenvalue weighted by molar-refractivity contribution is 5.89. The van der Waals surface area contributed by atoms with Gasteiger partial charge in [0.2, 0.25) is 11.8 Å². The zero-order valence-electron chi connectivity index (χ0n) is 27.4. The minimum Gasteiger partial charge on any atom is -0.494 e. The molecule has 0 spiro atoms. The van der Waals surface area contributed by atoms with Crippen LogP contribution in [0.15, 0.2) is 60.7 Å². The fourth-order valence-corrected chi connectivity index (χ4v) is 5.67. The van der Waals surface area contributed by atoms with E-state index in [1.165, 1.54) is 48.4 Å². The zero-order valence-corrected chi connectivity index (χ0v) is 27.4. The fraction of sp³-hybridized carbons (Fsp3) is 0.378. The standard InChI is InChI=1S/C37H45N5O3/c1-25-11-12-27(3)34(23-25)41(6)37(43)45-35-24-33(32-18-13-26(2)28(4)29(32)5)39-36(40-35)38-30-14-16-31(17-15-30)44-22-10-21-42-19-8-7-9-20-42/h11-18,23-24H,7-10,19-22H2,1-6H3,(H,38,39,40). The molecule has 1 aliphatic rings. The Labute approximate surface area is 267 Å². The summed E-state index contributed by atoms with van der Waals surface area (Å²) in [4.78, 5) is 26.7. The van der Waals surface area contributed by atoms with E-state index in [4.69, 9.17) is 14.5 Å². The largest absolute Gasteiger partial charge is 0.494 e. The number of hydrogen-bond donors (Lipinski definition) is 1. The van der Waals surface area contributed by atoms with Crippen LogP contribution in [-0.4, -0.2) is 54.2 Å². The van der Waals surface area contributed by atoms with Crippen molar-refractivity contribution in [3.05, 3.63) is 88.5 Å². The van der Waals surface area contributed by atoms with Gasteiger partial charge < -0.3 is 19.7 Å². The van der Waals surface area contributed by atoms with Crippen LogP contribution in [0.5, 0.6) is 11.6 Å². The minimum atomic E-state index is -0.530. The maximum Gasteiger partial charge on any atom is 0.420 e. The Balaban J connectivity index is 1.33. The first-order valence-corrected chi connectivity index (χ1v) is 15.9. The van der Waals surface area contributed by atoms with E-state index in [2.05, 4.69) is 48.1 Å². The van der Waals surface area contributed by atoms with Crippen LogP contribution >= 0.6 is 0 Å². The summed E-state index contributed by atoms with van der Waals surface area (Å²) in [5.74, 6) is 1.32. The van der Waals surface area contributed by atoms with Gasteiger partial charge in [0.1, 0.15) is 5.75 Å². The molecule has 0 atom stereocenters. The van der Waals surface area contributed by atoms with Gasteiger partial charge in [0.15, 0.2) is 0 Å². The molecule has 236 valence electrons. The van der Waals surface area contributed by atoms with E-state index in [0.717, 1.165) is 52.3 Å². The second kappa shape index (κ2) is 14.6. The number of anilines is 3. The lowest BCUT2D eigenvalue weighted by molar-refractivity contribution is 0.205. The molecule has 0 bridgehead atoms. The van der Waals surface area contributed by atoms with Gasteiger partial charge in [-0.05, 0) is 125 Å². The zero-order chi connectivity index (χ0) is 31.9. The molecule has 1 aliphatic heterocycles. The molecule has 1 N–H and O–H groups in total. The second-order valence-corrected chi connectivity index (χ2v) is 12.1. The van der Waals surface area contributed by atoms with Gasteiger partial charge in [-0.2, -0.15) is 4.98 Å². The number of carbonyl (C=O) groups is 1. The van der Waals surface area contributed by atoms with Gasteiger partial charge in [-0.25, -0.2) is 9.78 Å². The second-order valence-electron chi connectivity index (χ2n) is 12.1. The number of benzene rings is 3. The Morgan fingerprint density at radius 1 is 0.867 bits per heavy atom. The summed E-state index contributed by atoms with van der Waals surface area (Å²) in [7, 11) is 1.70. The number of nitrogens with zero attached hydrogens (tertiary/aromatic N) is 4. The molecular weight excluding hydrogens is 562 g/mol. The normalized spacial score (nSPS) is 13.4. The highest BCUT2D eigenvalue weighted by atomic mass is 16.6. The lowest BCUT2D eigenvalue weighted by Crippen LogP contribution is -2.31. The highest BCUT2D eigenvalue weighted by Crippen LogP contribution is 2.30. The van der Waals surface area contributed by atoms with Gasteiger partial charge in [0.25, 0.3) is 0 Å². The average molecular weight is 608 g/mol.